The normalized spacial score (nSPS) is 23.4. The van der Waals surface area contributed by atoms with E-state index in [0.29, 0.717) is 24.0 Å². The van der Waals surface area contributed by atoms with Crippen molar-refractivity contribution in [2.75, 3.05) is 26.2 Å². The number of benzene rings is 1. The highest BCUT2D eigenvalue weighted by Crippen LogP contribution is 2.37. The molecule has 160 valence electrons. The number of hydrogen-bond donors (Lipinski definition) is 1. The average molecular weight is 432 g/mol. The third-order valence-electron chi connectivity index (χ3n) is 6.27. The zero-order chi connectivity index (χ0) is 21.1. The molecule has 1 N–H and O–H groups in total. The fourth-order valence-corrected chi connectivity index (χ4v) is 4.71. The number of amides is 1. The van der Waals surface area contributed by atoms with Gasteiger partial charge in [0.2, 0.25) is 11.8 Å². The second kappa shape index (κ2) is 9.31. The van der Waals surface area contributed by atoms with E-state index in [0.717, 1.165) is 37.7 Å². The number of pyridine rings is 1. The molecule has 0 radical (unpaired) electrons. The fourth-order valence-electron chi connectivity index (χ4n) is 4.58. The van der Waals surface area contributed by atoms with Gasteiger partial charge in [0.15, 0.2) is 0 Å². The Kier molecular flexibility index (Phi) is 6.54. The Bertz CT molecular complexity index is 856. The molecule has 3 atom stereocenters. The van der Waals surface area contributed by atoms with Crippen molar-refractivity contribution in [3.05, 3.63) is 59.0 Å². The van der Waals surface area contributed by atoms with Crippen LogP contribution < -0.4 is 10.1 Å². The van der Waals surface area contributed by atoms with E-state index in [-0.39, 0.29) is 29.8 Å². The Morgan fingerprint density at radius 3 is 2.60 bits per heavy atom. The Morgan fingerprint density at radius 1 is 1.20 bits per heavy atom. The molecular weight excluding hydrogens is 405 g/mol. The molecule has 1 aromatic carbocycles. The van der Waals surface area contributed by atoms with Gasteiger partial charge in [-0.3, -0.25) is 4.79 Å². The van der Waals surface area contributed by atoms with Gasteiger partial charge in [-0.1, -0.05) is 23.7 Å². The minimum atomic E-state index is -0.395. The summed E-state index contributed by atoms with van der Waals surface area (Å²) < 4.78 is 19.2. The van der Waals surface area contributed by atoms with Crippen LogP contribution in [0.4, 0.5) is 4.39 Å². The molecule has 2 fully saturated rings. The number of ether oxygens (including phenoxy) is 1. The highest BCUT2D eigenvalue weighted by molar-refractivity contribution is 6.30. The number of nitrogens with one attached hydrogen (secondary N) is 1. The first-order valence-corrected chi connectivity index (χ1v) is 10.9. The molecule has 5 nitrogen and oxygen atoms in total. The quantitative estimate of drug-likeness (QED) is 0.780. The number of piperidine rings is 1. The fraction of sp³-hybridized carbons (Fsp3) is 0.478. The monoisotopic (exact) mass is 431 g/mol. The van der Waals surface area contributed by atoms with Crippen molar-refractivity contribution >= 4 is 17.5 Å². The van der Waals surface area contributed by atoms with E-state index in [4.69, 9.17) is 16.3 Å². The molecule has 2 saturated heterocycles. The van der Waals surface area contributed by atoms with Gasteiger partial charge in [-0.2, -0.15) is 0 Å². The molecular formula is C23H27ClFN3O2. The smallest absolute Gasteiger partial charge is 0.225 e. The SMILES string of the molecule is CC(Oc1ccc(F)cn1)[C@H]1CN(C(=O)C2CCNCC2)C[C@@H]1c1ccc(Cl)cc1. The van der Waals surface area contributed by atoms with Crippen molar-refractivity contribution in [3.63, 3.8) is 0 Å². The molecule has 2 aliphatic heterocycles. The number of hydrogen-bond acceptors (Lipinski definition) is 4. The lowest BCUT2D eigenvalue weighted by atomic mass is 9.86. The molecule has 2 aliphatic rings. The van der Waals surface area contributed by atoms with Crippen molar-refractivity contribution in [3.8, 4) is 5.88 Å². The van der Waals surface area contributed by atoms with Gasteiger partial charge in [-0.25, -0.2) is 9.37 Å². The number of rotatable bonds is 5. The minimum Gasteiger partial charge on any atom is -0.474 e. The van der Waals surface area contributed by atoms with Crippen LogP contribution in [-0.4, -0.2) is 48.1 Å². The molecule has 0 saturated carbocycles. The van der Waals surface area contributed by atoms with E-state index in [1.807, 2.05) is 36.1 Å². The summed E-state index contributed by atoms with van der Waals surface area (Å²) in [5.74, 6) is 0.568. The summed E-state index contributed by atoms with van der Waals surface area (Å²) in [4.78, 5) is 19.2. The average Bonchev–Trinajstić information content (AvgIpc) is 3.21. The number of aromatic nitrogens is 1. The van der Waals surface area contributed by atoms with E-state index in [9.17, 15) is 9.18 Å². The van der Waals surface area contributed by atoms with Crippen LogP contribution in [0, 0.1) is 17.7 Å². The van der Waals surface area contributed by atoms with Gasteiger partial charge in [-0.15, -0.1) is 0 Å². The van der Waals surface area contributed by atoms with Crippen LogP contribution in [0.3, 0.4) is 0 Å². The molecule has 1 unspecified atom stereocenters. The van der Waals surface area contributed by atoms with Crippen LogP contribution in [-0.2, 0) is 4.79 Å². The van der Waals surface area contributed by atoms with Crippen LogP contribution >= 0.6 is 11.6 Å². The topological polar surface area (TPSA) is 54.5 Å². The molecule has 3 heterocycles. The maximum Gasteiger partial charge on any atom is 0.225 e. The summed E-state index contributed by atoms with van der Waals surface area (Å²) in [6.45, 7) is 5.09. The molecule has 0 spiro atoms. The second-order valence-corrected chi connectivity index (χ2v) is 8.66. The zero-order valence-corrected chi connectivity index (χ0v) is 17.8. The van der Waals surface area contributed by atoms with Gasteiger partial charge in [0.25, 0.3) is 0 Å². The number of carbonyl (C=O) groups excluding carboxylic acids is 1. The third-order valence-corrected chi connectivity index (χ3v) is 6.53. The van der Waals surface area contributed by atoms with E-state index >= 15 is 0 Å². The largest absolute Gasteiger partial charge is 0.474 e. The maximum atomic E-state index is 13.2. The van der Waals surface area contributed by atoms with Crippen LogP contribution in [0.1, 0.15) is 31.2 Å². The molecule has 7 heteroatoms. The molecule has 1 aromatic heterocycles. The Morgan fingerprint density at radius 2 is 1.93 bits per heavy atom. The number of halogens is 2. The van der Waals surface area contributed by atoms with Gasteiger partial charge in [0.1, 0.15) is 11.9 Å². The molecule has 30 heavy (non-hydrogen) atoms. The summed E-state index contributed by atoms with van der Waals surface area (Å²) in [5.41, 5.74) is 1.15. The first-order valence-electron chi connectivity index (χ1n) is 10.5. The Hall–Kier alpha value is -2.18. The van der Waals surface area contributed by atoms with Gasteiger partial charge in [0, 0.05) is 41.9 Å². The Balaban J connectivity index is 1.53. The summed E-state index contributed by atoms with van der Waals surface area (Å²) in [7, 11) is 0. The summed E-state index contributed by atoms with van der Waals surface area (Å²) in [6, 6.07) is 10.7. The lowest BCUT2D eigenvalue weighted by Gasteiger charge is -2.27. The summed E-state index contributed by atoms with van der Waals surface area (Å²) >= 11 is 6.08. The van der Waals surface area contributed by atoms with Crippen molar-refractivity contribution in [1.82, 2.24) is 15.2 Å². The van der Waals surface area contributed by atoms with E-state index in [1.54, 1.807) is 0 Å². The van der Waals surface area contributed by atoms with E-state index < -0.39 is 5.82 Å². The zero-order valence-electron chi connectivity index (χ0n) is 17.1. The van der Waals surface area contributed by atoms with Crippen molar-refractivity contribution in [2.24, 2.45) is 11.8 Å². The van der Waals surface area contributed by atoms with Crippen LogP contribution in [0.25, 0.3) is 0 Å². The maximum absolute atomic E-state index is 13.2. The molecule has 0 bridgehead atoms. The molecule has 0 aliphatic carbocycles. The summed E-state index contributed by atoms with van der Waals surface area (Å²) in [6.07, 6.45) is 2.74. The first kappa shape index (κ1) is 21.1. The molecule has 4 rings (SSSR count). The standard InChI is InChI=1S/C23H27ClFN3O2/c1-15(30-22-7-6-19(25)12-27-22)20-13-28(23(29)17-8-10-26-11-9-17)14-21(20)16-2-4-18(24)5-3-16/h2-7,12,15,17,20-21,26H,8-11,13-14H2,1H3/t15?,20-,21-/m1/s1. The van der Waals surface area contributed by atoms with Gasteiger partial charge >= 0.3 is 0 Å². The van der Waals surface area contributed by atoms with E-state index in [1.165, 1.54) is 12.1 Å². The number of carbonyl (C=O) groups is 1. The highest BCUT2D eigenvalue weighted by Gasteiger charge is 2.41. The predicted octanol–water partition coefficient (Wildman–Crippen LogP) is 3.88. The molecule has 2 aromatic rings. The van der Waals surface area contributed by atoms with Crippen LogP contribution in [0.15, 0.2) is 42.6 Å². The van der Waals surface area contributed by atoms with Gasteiger partial charge < -0.3 is 15.0 Å². The summed E-state index contributed by atoms with van der Waals surface area (Å²) in [5, 5.41) is 4.01. The van der Waals surface area contributed by atoms with Crippen LogP contribution in [0.5, 0.6) is 5.88 Å². The number of likely N-dealkylation sites (tertiary alicyclic amines) is 1. The predicted molar refractivity (Wildman–Crippen MR) is 114 cm³/mol. The minimum absolute atomic E-state index is 0.0888. The van der Waals surface area contributed by atoms with Crippen molar-refractivity contribution in [1.29, 1.82) is 0 Å². The van der Waals surface area contributed by atoms with Gasteiger partial charge in [0.05, 0.1) is 6.20 Å². The van der Waals surface area contributed by atoms with Crippen molar-refractivity contribution < 1.29 is 13.9 Å². The lowest BCUT2D eigenvalue weighted by molar-refractivity contribution is -0.135. The highest BCUT2D eigenvalue weighted by atomic mass is 35.5. The first-order chi connectivity index (χ1) is 14.5. The molecule has 1 amide bonds. The third kappa shape index (κ3) is 4.76. The van der Waals surface area contributed by atoms with Gasteiger partial charge in [-0.05, 0) is 56.6 Å². The Labute approximate surface area is 181 Å². The lowest BCUT2D eigenvalue weighted by Crippen LogP contribution is -2.40. The second-order valence-electron chi connectivity index (χ2n) is 8.23. The van der Waals surface area contributed by atoms with Crippen molar-refractivity contribution in [2.45, 2.75) is 31.8 Å². The van der Waals surface area contributed by atoms with Crippen LogP contribution in [0.2, 0.25) is 5.02 Å². The van der Waals surface area contributed by atoms with E-state index in [2.05, 4.69) is 10.3 Å². The number of nitrogens with zero attached hydrogens (tertiary/aromatic N) is 2.